The second kappa shape index (κ2) is 6.13. The standard InChI is InChI=1S/C14H17FN4/c1-3-19(10-11-7-5-4-6-8-11)13-12(15)9-17-14(16-2)18-13/h4-9H,3,10H2,1-2H3,(H,16,17,18). The van der Waals surface area contributed by atoms with Crippen LogP contribution in [0.3, 0.4) is 0 Å². The number of nitrogens with zero attached hydrogens (tertiary/aromatic N) is 3. The van der Waals surface area contributed by atoms with Gasteiger partial charge >= 0.3 is 0 Å². The second-order valence-electron chi connectivity index (χ2n) is 4.11. The summed E-state index contributed by atoms with van der Waals surface area (Å²) in [6, 6.07) is 9.93. The highest BCUT2D eigenvalue weighted by atomic mass is 19.1. The van der Waals surface area contributed by atoms with Crippen molar-refractivity contribution in [3.63, 3.8) is 0 Å². The molecule has 0 atom stereocenters. The summed E-state index contributed by atoms with van der Waals surface area (Å²) in [4.78, 5) is 9.93. The van der Waals surface area contributed by atoms with Crippen LogP contribution in [0.1, 0.15) is 12.5 Å². The smallest absolute Gasteiger partial charge is 0.224 e. The maximum absolute atomic E-state index is 13.9. The molecule has 0 fully saturated rings. The maximum atomic E-state index is 13.9. The fraction of sp³-hybridized carbons (Fsp3) is 0.286. The SMILES string of the molecule is CCN(Cc1ccccc1)c1nc(NC)ncc1F. The van der Waals surface area contributed by atoms with Crippen molar-refractivity contribution in [3.8, 4) is 0 Å². The highest BCUT2D eigenvalue weighted by Crippen LogP contribution is 2.19. The Bertz CT molecular complexity index is 530. The van der Waals surface area contributed by atoms with Gasteiger partial charge in [0.1, 0.15) is 0 Å². The van der Waals surface area contributed by atoms with Crippen molar-refractivity contribution in [2.45, 2.75) is 13.5 Å². The molecule has 0 unspecified atom stereocenters. The fourth-order valence-corrected chi connectivity index (χ4v) is 1.84. The molecule has 100 valence electrons. The van der Waals surface area contributed by atoms with Crippen molar-refractivity contribution in [3.05, 3.63) is 47.9 Å². The zero-order valence-electron chi connectivity index (χ0n) is 11.1. The third kappa shape index (κ3) is 3.19. The number of nitrogens with one attached hydrogen (secondary N) is 1. The van der Waals surface area contributed by atoms with Crippen LogP contribution in [0.15, 0.2) is 36.5 Å². The Balaban J connectivity index is 2.26. The molecule has 1 N–H and O–H groups in total. The van der Waals surface area contributed by atoms with Crippen LogP contribution < -0.4 is 10.2 Å². The van der Waals surface area contributed by atoms with E-state index in [0.29, 0.717) is 24.9 Å². The molecular weight excluding hydrogens is 243 g/mol. The Labute approximate surface area is 112 Å². The molecule has 2 aromatic rings. The molecule has 0 aliphatic rings. The fourth-order valence-electron chi connectivity index (χ4n) is 1.84. The monoisotopic (exact) mass is 260 g/mol. The first-order chi connectivity index (χ1) is 9.24. The van der Waals surface area contributed by atoms with Crippen LogP contribution in [0.25, 0.3) is 0 Å². The largest absolute Gasteiger partial charge is 0.357 e. The highest BCUT2D eigenvalue weighted by molar-refractivity contribution is 5.44. The van der Waals surface area contributed by atoms with Crippen LogP contribution >= 0.6 is 0 Å². The van der Waals surface area contributed by atoms with Crippen molar-refractivity contribution in [2.75, 3.05) is 23.8 Å². The van der Waals surface area contributed by atoms with Crippen LogP contribution in [-0.2, 0) is 6.54 Å². The normalized spacial score (nSPS) is 10.3. The van der Waals surface area contributed by atoms with E-state index >= 15 is 0 Å². The van der Waals surface area contributed by atoms with Crippen LogP contribution in [0.5, 0.6) is 0 Å². The average Bonchev–Trinajstić information content (AvgIpc) is 2.47. The van der Waals surface area contributed by atoms with E-state index in [1.165, 1.54) is 6.20 Å². The van der Waals surface area contributed by atoms with Crippen molar-refractivity contribution < 1.29 is 4.39 Å². The molecule has 0 aliphatic heterocycles. The van der Waals surface area contributed by atoms with E-state index in [2.05, 4.69) is 15.3 Å². The van der Waals surface area contributed by atoms with Gasteiger partial charge in [-0.25, -0.2) is 9.37 Å². The lowest BCUT2D eigenvalue weighted by Gasteiger charge is -2.22. The minimum Gasteiger partial charge on any atom is -0.357 e. The third-order valence-corrected chi connectivity index (χ3v) is 2.85. The lowest BCUT2D eigenvalue weighted by Crippen LogP contribution is -2.24. The molecule has 19 heavy (non-hydrogen) atoms. The van der Waals surface area contributed by atoms with E-state index in [-0.39, 0.29) is 0 Å². The second-order valence-corrected chi connectivity index (χ2v) is 4.11. The zero-order chi connectivity index (χ0) is 13.7. The van der Waals surface area contributed by atoms with Gasteiger partial charge in [0.25, 0.3) is 0 Å². The minimum absolute atomic E-state index is 0.325. The third-order valence-electron chi connectivity index (χ3n) is 2.85. The van der Waals surface area contributed by atoms with E-state index in [1.54, 1.807) is 7.05 Å². The number of benzene rings is 1. The number of halogens is 1. The van der Waals surface area contributed by atoms with Gasteiger partial charge in [-0.15, -0.1) is 0 Å². The number of hydrogen-bond acceptors (Lipinski definition) is 4. The molecule has 0 saturated heterocycles. The van der Waals surface area contributed by atoms with Gasteiger partial charge in [-0.3, -0.25) is 0 Å². The van der Waals surface area contributed by atoms with E-state index in [1.807, 2.05) is 42.2 Å². The topological polar surface area (TPSA) is 41.1 Å². The number of anilines is 2. The Hall–Kier alpha value is -2.17. The highest BCUT2D eigenvalue weighted by Gasteiger charge is 2.13. The van der Waals surface area contributed by atoms with Crippen LogP contribution in [0, 0.1) is 5.82 Å². The van der Waals surface area contributed by atoms with E-state index in [4.69, 9.17) is 0 Å². The molecular formula is C14H17FN4. The Morgan fingerprint density at radius 1 is 1.26 bits per heavy atom. The van der Waals surface area contributed by atoms with Gasteiger partial charge < -0.3 is 10.2 Å². The summed E-state index contributed by atoms with van der Waals surface area (Å²) in [6.07, 6.45) is 1.20. The lowest BCUT2D eigenvalue weighted by atomic mass is 10.2. The van der Waals surface area contributed by atoms with Gasteiger partial charge in [0.2, 0.25) is 5.95 Å². The predicted octanol–water partition coefficient (Wildman–Crippen LogP) is 2.68. The van der Waals surface area contributed by atoms with E-state index in [0.717, 1.165) is 5.56 Å². The van der Waals surface area contributed by atoms with Crippen molar-refractivity contribution >= 4 is 11.8 Å². The Morgan fingerprint density at radius 2 is 2.00 bits per heavy atom. The molecule has 0 amide bonds. The van der Waals surface area contributed by atoms with Gasteiger partial charge in [-0.2, -0.15) is 4.98 Å². The average molecular weight is 260 g/mol. The minimum atomic E-state index is -0.406. The van der Waals surface area contributed by atoms with E-state index in [9.17, 15) is 4.39 Å². The number of hydrogen-bond donors (Lipinski definition) is 1. The van der Waals surface area contributed by atoms with Crippen LogP contribution in [0.2, 0.25) is 0 Å². The molecule has 0 radical (unpaired) electrons. The first kappa shape index (κ1) is 13.3. The summed E-state index contributed by atoms with van der Waals surface area (Å²) >= 11 is 0. The summed E-state index contributed by atoms with van der Waals surface area (Å²) < 4.78 is 13.9. The van der Waals surface area contributed by atoms with Gasteiger partial charge in [0.15, 0.2) is 11.6 Å². The van der Waals surface area contributed by atoms with Gasteiger partial charge in [-0.1, -0.05) is 30.3 Å². The van der Waals surface area contributed by atoms with Crippen LogP contribution in [0.4, 0.5) is 16.2 Å². The van der Waals surface area contributed by atoms with Gasteiger partial charge in [0, 0.05) is 20.1 Å². The molecule has 0 spiro atoms. The quantitative estimate of drug-likeness (QED) is 0.897. The number of aromatic nitrogens is 2. The molecule has 0 saturated carbocycles. The summed E-state index contributed by atoms with van der Waals surface area (Å²) in [5.74, 6) is 0.338. The van der Waals surface area contributed by atoms with Crippen molar-refractivity contribution in [1.82, 2.24) is 9.97 Å². The molecule has 4 nitrogen and oxygen atoms in total. The lowest BCUT2D eigenvalue weighted by molar-refractivity contribution is 0.603. The Morgan fingerprint density at radius 3 is 2.63 bits per heavy atom. The molecule has 1 heterocycles. The molecule has 5 heteroatoms. The molecule has 0 bridgehead atoms. The van der Waals surface area contributed by atoms with Crippen molar-refractivity contribution in [1.29, 1.82) is 0 Å². The van der Waals surface area contributed by atoms with Gasteiger partial charge in [-0.05, 0) is 12.5 Å². The zero-order valence-corrected chi connectivity index (χ0v) is 11.1. The summed E-state index contributed by atoms with van der Waals surface area (Å²) in [5, 5.41) is 2.82. The Kier molecular flexibility index (Phi) is 4.28. The summed E-state index contributed by atoms with van der Waals surface area (Å²) in [5.41, 5.74) is 1.12. The first-order valence-electron chi connectivity index (χ1n) is 6.23. The molecule has 0 aliphatic carbocycles. The van der Waals surface area contributed by atoms with Crippen molar-refractivity contribution in [2.24, 2.45) is 0 Å². The van der Waals surface area contributed by atoms with E-state index < -0.39 is 5.82 Å². The first-order valence-corrected chi connectivity index (χ1v) is 6.23. The molecule has 1 aromatic carbocycles. The molecule has 2 rings (SSSR count). The van der Waals surface area contributed by atoms with Crippen LogP contribution in [-0.4, -0.2) is 23.6 Å². The predicted molar refractivity (Wildman–Crippen MR) is 74.7 cm³/mol. The van der Waals surface area contributed by atoms with Gasteiger partial charge in [0.05, 0.1) is 6.20 Å². The summed E-state index contributed by atoms with van der Waals surface area (Å²) in [7, 11) is 1.71. The number of rotatable bonds is 5. The molecule has 1 aromatic heterocycles. The summed E-state index contributed by atoms with van der Waals surface area (Å²) in [6.45, 7) is 3.27. The maximum Gasteiger partial charge on any atom is 0.224 e.